The van der Waals surface area contributed by atoms with Gasteiger partial charge in [-0.15, -0.1) is 11.3 Å². The standard InChI is InChI=1S/C16H19NO2S/c1-17(13-7-9-14(19-2)10-8-13)11-3-5-15(18)16-6-4-12-20-16/h4,6-10,12H,3,5,11H2,1-2H3. The SMILES string of the molecule is COc1ccc(N(C)CCCC(=O)c2cccs2)cc1. The first-order valence-corrected chi connectivity index (χ1v) is 7.50. The Hall–Kier alpha value is -1.81. The van der Waals surface area contributed by atoms with Crippen molar-refractivity contribution in [1.29, 1.82) is 0 Å². The molecule has 0 atom stereocenters. The summed E-state index contributed by atoms with van der Waals surface area (Å²) >= 11 is 1.51. The molecule has 20 heavy (non-hydrogen) atoms. The van der Waals surface area contributed by atoms with E-state index in [0.29, 0.717) is 6.42 Å². The topological polar surface area (TPSA) is 29.5 Å². The van der Waals surface area contributed by atoms with Crippen LogP contribution >= 0.6 is 11.3 Å². The molecule has 0 fully saturated rings. The van der Waals surface area contributed by atoms with Gasteiger partial charge in [0.25, 0.3) is 0 Å². The number of benzene rings is 1. The van der Waals surface area contributed by atoms with E-state index in [1.807, 2.05) is 48.8 Å². The summed E-state index contributed by atoms with van der Waals surface area (Å²) in [4.78, 5) is 14.9. The Morgan fingerprint density at radius 2 is 2.00 bits per heavy atom. The third-order valence-corrected chi connectivity index (χ3v) is 4.12. The highest BCUT2D eigenvalue weighted by Gasteiger charge is 2.07. The zero-order chi connectivity index (χ0) is 14.4. The Balaban J connectivity index is 1.79. The van der Waals surface area contributed by atoms with E-state index in [1.165, 1.54) is 11.3 Å². The van der Waals surface area contributed by atoms with E-state index in [1.54, 1.807) is 7.11 Å². The van der Waals surface area contributed by atoms with Gasteiger partial charge < -0.3 is 9.64 Å². The number of hydrogen-bond acceptors (Lipinski definition) is 4. The van der Waals surface area contributed by atoms with E-state index in [-0.39, 0.29) is 5.78 Å². The van der Waals surface area contributed by atoms with Gasteiger partial charge >= 0.3 is 0 Å². The van der Waals surface area contributed by atoms with Crippen LogP contribution in [0.15, 0.2) is 41.8 Å². The molecule has 0 bridgehead atoms. The maximum Gasteiger partial charge on any atom is 0.172 e. The van der Waals surface area contributed by atoms with Crippen LogP contribution in [-0.4, -0.2) is 26.5 Å². The molecule has 0 N–H and O–H groups in total. The maximum atomic E-state index is 11.9. The number of ether oxygens (including phenoxy) is 1. The lowest BCUT2D eigenvalue weighted by Crippen LogP contribution is -2.19. The average Bonchev–Trinajstić information content (AvgIpc) is 3.01. The molecule has 3 nitrogen and oxygen atoms in total. The largest absolute Gasteiger partial charge is 0.497 e. The summed E-state index contributed by atoms with van der Waals surface area (Å²) in [7, 11) is 3.70. The van der Waals surface area contributed by atoms with E-state index in [2.05, 4.69) is 4.90 Å². The Morgan fingerprint density at radius 3 is 2.60 bits per heavy atom. The van der Waals surface area contributed by atoms with E-state index in [4.69, 9.17) is 4.74 Å². The number of rotatable bonds is 7. The second kappa shape index (κ2) is 7.10. The van der Waals surface area contributed by atoms with Crippen LogP contribution in [0.5, 0.6) is 5.75 Å². The molecule has 0 amide bonds. The molecule has 106 valence electrons. The van der Waals surface area contributed by atoms with Gasteiger partial charge in [-0.25, -0.2) is 0 Å². The number of anilines is 1. The minimum atomic E-state index is 0.239. The number of Topliss-reactive ketones (excluding diaryl/α,β-unsaturated/α-hetero) is 1. The number of methoxy groups -OCH3 is 1. The predicted molar refractivity (Wildman–Crippen MR) is 84.1 cm³/mol. The lowest BCUT2D eigenvalue weighted by Gasteiger charge is -2.19. The molecule has 4 heteroatoms. The first-order valence-electron chi connectivity index (χ1n) is 6.62. The first-order chi connectivity index (χ1) is 9.70. The third-order valence-electron chi connectivity index (χ3n) is 3.21. The van der Waals surface area contributed by atoms with Gasteiger partial charge in [0.05, 0.1) is 12.0 Å². The van der Waals surface area contributed by atoms with E-state index in [9.17, 15) is 4.79 Å². The number of carbonyl (C=O) groups is 1. The highest BCUT2D eigenvalue weighted by Crippen LogP contribution is 2.19. The molecule has 2 rings (SSSR count). The second-order valence-electron chi connectivity index (χ2n) is 4.62. The molecule has 1 aromatic carbocycles. The van der Waals surface area contributed by atoms with Gasteiger partial charge in [0.1, 0.15) is 5.75 Å². The highest BCUT2D eigenvalue weighted by atomic mass is 32.1. The molecule has 0 spiro atoms. The van der Waals surface area contributed by atoms with Gasteiger partial charge in [-0.2, -0.15) is 0 Å². The molecule has 0 aliphatic carbocycles. The lowest BCUT2D eigenvalue weighted by atomic mass is 10.2. The number of carbonyl (C=O) groups excluding carboxylic acids is 1. The molecule has 0 saturated heterocycles. The second-order valence-corrected chi connectivity index (χ2v) is 5.57. The molecule has 1 aromatic heterocycles. The number of thiophene rings is 1. The van der Waals surface area contributed by atoms with Crippen LogP contribution in [0, 0.1) is 0 Å². The van der Waals surface area contributed by atoms with E-state index >= 15 is 0 Å². The van der Waals surface area contributed by atoms with Crippen molar-refractivity contribution in [3.05, 3.63) is 46.7 Å². The van der Waals surface area contributed by atoms with Gasteiger partial charge in [-0.3, -0.25) is 4.79 Å². The minimum absolute atomic E-state index is 0.239. The summed E-state index contributed by atoms with van der Waals surface area (Å²) in [5.74, 6) is 1.10. The van der Waals surface area contributed by atoms with Crippen molar-refractivity contribution in [2.24, 2.45) is 0 Å². The quantitative estimate of drug-likeness (QED) is 0.725. The average molecular weight is 289 g/mol. The number of ketones is 1. The summed E-state index contributed by atoms with van der Waals surface area (Å²) in [6.07, 6.45) is 1.46. The molecule has 0 aliphatic heterocycles. The predicted octanol–water partition coefficient (Wildman–Crippen LogP) is 3.86. The molecule has 1 heterocycles. The summed E-state index contributed by atoms with van der Waals surface area (Å²) in [5.41, 5.74) is 1.13. The minimum Gasteiger partial charge on any atom is -0.497 e. The summed E-state index contributed by atoms with van der Waals surface area (Å²) < 4.78 is 5.14. The molecule has 2 aromatic rings. The normalized spacial score (nSPS) is 10.3. The summed E-state index contributed by atoms with van der Waals surface area (Å²) in [5, 5.41) is 1.94. The highest BCUT2D eigenvalue weighted by molar-refractivity contribution is 7.12. The van der Waals surface area contributed by atoms with E-state index in [0.717, 1.165) is 29.3 Å². The monoisotopic (exact) mass is 289 g/mol. The molecule has 0 radical (unpaired) electrons. The Kier molecular flexibility index (Phi) is 5.18. The molecule has 0 saturated carbocycles. The maximum absolute atomic E-state index is 11.9. The third kappa shape index (κ3) is 3.84. The molecule has 0 aliphatic rings. The van der Waals surface area contributed by atoms with Crippen molar-refractivity contribution in [3.8, 4) is 5.75 Å². The van der Waals surface area contributed by atoms with Crippen LogP contribution in [-0.2, 0) is 0 Å². The van der Waals surface area contributed by atoms with Gasteiger partial charge in [0.15, 0.2) is 5.78 Å². The van der Waals surface area contributed by atoms with Crippen molar-refractivity contribution in [1.82, 2.24) is 0 Å². The Bertz CT molecular complexity index is 534. The molecular formula is C16H19NO2S. The van der Waals surface area contributed by atoms with Crippen molar-refractivity contribution in [3.63, 3.8) is 0 Å². The summed E-state index contributed by atoms with van der Waals surface area (Å²) in [6, 6.07) is 11.8. The molecular weight excluding hydrogens is 270 g/mol. The fourth-order valence-corrected chi connectivity index (χ4v) is 2.70. The fourth-order valence-electron chi connectivity index (χ4n) is 2.00. The van der Waals surface area contributed by atoms with Gasteiger partial charge in [-0.05, 0) is 42.1 Å². The Morgan fingerprint density at radius 1 is 1.25 bits per heavy atom. The van der Waals surface area contributed by atoms with E-state index < -0.39 is 0 Å². The van der Waals surface area contributed by atoms with Crippen LogP contribution < -0.4 is 9.64 Å². The smallest absolute Gasteiger partial charge is 0.172 e. The van der Waals surface area contributed by atoms with Crippen molar-refractivity contribution in [2.75, 3.05) is 25.6 Å². The van der Waals surface area contributed by atoms with Crippen molar-refractivity contribution < 1.29 is 9.53 Å². The van der Waals surface area contributed by atoms with Crippen molar-refractivity contribution >= 4 is 22.8 Å². The molecule has 0 unspecified atom stereocenters. The van der Waals surface area contributed by atoms with Crippen LogP contribution in [0.25, 0.3) is 0 Å². The van der Waals surface area contributed by atoms with Crippen molar-refractivity contribution in [2.45, 2.75) is 12.8 Å². The summed E-state index contributed by atoms with van der Waals surface area (Å²) in [6.45, 7) is 0.865. The van der Waals surface area contributed by atoms with Crippen LogP contribution in [0.3, 0.4) is 0 Å². The van der Waals surface area contributed by atoms with Crippen LogP contribution in [0.1, 0.15) is 22.5 Å². The first kappa shape index (κ1) is 14.6. The zero-order valence-electron chi connectivity index (χ0n) is 11.8. The number of hydrogen-bond donors (Lipinski definition) is 0. The lowest BCUT2D eigenvalue weighted by molar-refractivity contribution is 0.0984. The van der Waals surface area contributed by atoms with Crippen LogP contribution in [0.4, 0.5) is 5.69 Å². The zero-order valence-corrected chi connectivity index (χ0v) is 12.7. The fraction of sp³-hybridized carbons (Fsp3) is 0.312. The number of nitrogens with zero attached hydrogens (tertiary/aromatic N) is 1. The van der Waals surface area contributed by atoms with Gasteiger partial charge in [0.2, 0.25) is 0 Å². The Labute approximate surface area is 123 Å². The van der Waals surface area contributed by atoms with Gasteiger partial charge in [-0.1, -0.05) is 6.07 Å². The van der Waals surface area contributed by atoms with Gasteiger partial charge in [0, 0.05) is 25.7 Å². The van der Waals surface area contributed by atoms with Crippen LogP contribution in [0.2, 0.25) is 0 Å².